The molecule has 0 bridgehead atoms. The van der Waals surface area contributed by atoms with Crippen molar-refractivity contribution >= 4 is 21.9 Å². The standard InChI is InChI=1S/C9H8BrFO3/c1-2-14-9(13)5-3-4-6(10)7(11)8(5)12/h3-4,12H,2H2,1H3. The van der Waals surface area contributed by atoms with Crippen LogP contribution in [0.1, 0.15) is 17.3 Å². The van der Waals surface area contributed by atoms with E-state index in [4.69, 9.17) is 0 Å². The van der Waals surface area contributed by atoms with Crippen molar-refractivity contribution in [1.29, 1.82) is 0 Å². The van der Waals surface area contributed by atoms with E-state index in [1.165, 1.54) is 12.1 Å². The van der Waals surface area contributed by atoms with E-state index in [1.54, 1.807) is 6.92 Å². The highest BCUT2D eigenvalue weighted by Gasteiger charge is 2.17. The highest BCUT2D eigenvalue weighted by atomic mass is 79.9. The summed E-state index contributed by atoms with van der Waals surface area (Å²) in [6.07, 6.45) is 0. The molecular formula is C9H8BrFO3. The van der Waals surface area contributed by atoms with Crippen LogP contribution in [0.3, 0.4) is 0 Å². The maximum absolute atomic E-state index is 13.1. The summed E-state index contributed by atoms with van der Waals surface area (Å²) in [4.78, 5) is 11.2. The Hall–Kier alpha value is -1.10. The van der Waals surface area contributed by atoms with Gasteiger partial charge in [-0.3, -0.25) is 0 Å². The van der Waals surface area contributed by atoms with Crippen LogP contribution < -0.4 is 0 Å². The van der Waals surface area contributed by atoms with E-state index in [9.17, 15) is 14.3 Å². The molecule has 0 fully saturated rings. The summed E-state index contributed by atoms with van der Waals surface area (Å²) < 4.78 is 17.8. The maximum atomic E-state index is 13.1. The normalized spacial score (nSPS) is 9.93. The first kappa shape index (κ1) is 11.0. The molecule has 1 rings (SSSR count). The van der Waals surface area contributed by atoms with Crippen molar-refractivity contribution < 1.29 is 19.0 Å². The third-order valence-electron chi connectivity index (χ3n) is 1.56. The number of carbonyl (C=O) groups is 1. The molecule has 0 unspecified atom stereocenters. The molecule has 3 nitrogen and oxygen atoms in total. The number of hydrogen-bond acceptors (Lipinski definition) is 3. The van der Waals surface area contributed by atoms with Gasteiger partial charge in [-0.2, -0.15) is 0 Å². The molecule has 0 radical (unpaired) electrons. The molecule has 0 saturated heterocycles. The summed E-state index contributed by atoms with van der Waals surface area (Å²) in [6.45, 7) is 1.81. The van der Waals surface area contributed by atoms with Crippen molar-refractivity contribution in [2.24, 2.45) is 0 Å². The second-order valence-electron chi connectivity index (χ2n) is 2.48. The Morgan fingerprint density at radius 2 is 2.29 bits per heavy atom. The van der Waals surface area contributed by atoms with Gasteiger partial charge in [0, 0.05) is 0 Å². The maximum Gasteiger partial charge on any atom is 0.342 e. The Balaban J connectivity index is 3.11. The van der Waals surface area contributed by atoms with Crippen LogP contribution in [-0.2, 0) is 4.74 Å². The van der Waals surface area contributed by atoms with Crippen LogP contribution in [0.25, 0.3) is 0 Å². The molecule has 1 N–H and O–H groups in total. The number of phenols is 1. The molecule has 1 aromatic rings. The van der Waals surface area contributed by atoms with Crippen molar-refractivity contribution in [2.45, 2.75) is 6.92 Å². The fourth-order valence-electron chi connectivity index (χ4n) is 0.914. The lowest BCUT2D eigenvalue weighted by Gasteiger charge is -2.05. The first-order chi connectivity index (χ1) is 6.57. The van der Waals surface area contributed by atoms with E-state index in [-0.39, 0.29) is 16.6 Å². The minimum absolute atomic E-state index is 0.100. The van der Waals surface area contributed by atoms with E-state index in [0.29, 0.717) is 0 Å². The van der Waals surface area contributed by atoms with Crippen LogP contribution in [0.5, 0.6) is 5.75 Å². The van der Waals surface area contributed by atoms with Gasteiger partial charge in [-0.1, -0.05) is 0 Å². The summed E-state index contributed by atoms with van der Waals surface area (Å²) in [5.74, 6) is -2.30. The average molecular weight is 263 g/mol. The number of rotatable bonds is 2. The zero-order chi connectivity index (χ0) is 10.7. The Morgan fingerprint density at radius 1 is 1.64 bits per heavy atom. The number of aromatic hydroxyl groups is 1. The summed E-state index contributed by atoms with van der Waals surface area (Å²) in [5.41, 5.74) is -0.174. The Morgan fingerprint density at radius 3 is 2.86 bits per heavy atom. The van der Waals surface area contributed by atoms with Gasteiger partial charge in [-0.15, -0.1) is 0 Å². The van der Waals surface area contributed by atoms with Gasteiger partial charge in [0.15, 0.2) is 11.6 Å². The largest absolute Gasteiger partial charge is 0.504 e. The zero-order valence-corrected chi connectivity index (χ0v) is 8.97. The smallest absolute Gasteiger partial charge is 0.342 e. The van der Waals surface area contributed by atoms with Crippen molar-refractivity contribution in [1.82, 2.24) is 0 Å². The average Bonchev–Trinajstić information content (AvgIpc) is 2.15. The topological polar surface area (TPSA) is 46.5 Å². The monoisotopic (exact) mass is 262 g/mol. The van der Waals surface area contributed by atoms with Crippen LogP contribution in [0, 0.1) is 5.82 Å². The van der Waals surface area contributed by atoms with Gasteiger partial charge in [-0.25, -0.2) is 9.18 Å². The second kappa shape index (κ2) is 4.41. The molecule has 76 valence electrons. The number of phenolic OH excluding ortho intramolecular Hbond substituents is 1. The molecule has 0 spiro atoms. The predicted molar refractivity (Wildman–Crippen MR) is 51.7 cm³/mol. The summed E-state index contributed by atoms with van der Waals surface area (Å²) in [7, 11) is 0. The first-order valence-corrected chi connectivity index (χ1v) is 4.71. The number of ether oxygens (including phenoxy) is 1. The molecule has 14 heavy (non-hydrogen) atoms. The molecule has 0 aliphatic carbocycles. The molecule has 0 aliphatic heterocycles. The van der Waals surface area contributed by atoms with Crippen molar-refractivity contribution in [3.8, 4) is 5.75 Å². The van der Waals surface area contributed by atoms with Crippen molar-refractivity contribution in [2.75, 3.05) is 6.61 Å². The minimum atomic E-state index is -0.865. The molecule has 0 amide bonds. The molecule has 5 heteroatoms. The van der Waals surface area contributed by atoms with E-state index in [2.05, 4.69) is 20.7 Å². The molecule has 0 aromatic heterocycles. The van der Waals surface area contributed by atoms with Gasteiger partial charge in [0.05, 0.1) is 11.1 Å². The Kier molecular flexibility index (Phi) is 3.46. The number of hydrogen-bond donors (Lipinski definition) is 1. The lowest BCUT2D eigenvalue weighted by atomic mass is 10.2. The number of halogens is 2. The molecule has 0 heterocycles. The van der Waals surface area contributed by atoms with Crippen LogP contribution >= 0.6 is 15.9 Å². The van der Waals surface area contributed by atoms with Gasteiger partial charge in [-0.05, 0) is 35.0 Å². The quantitative estimate of drug-likeness (QED) is 0.834. The first-order valence-electron chi connectivity index (χ1n) is 3.92. The Bertz CT molecular complexity index is 365. The van der Waals surface area contributed by atoms with Crippen LogP contribution in [0.2, 0.25) is 0 Å². The highest BCUT2D eigenvalue weighted by Crippen LogP contribution is 2.28. The minimum Gasteiger partial charge on any atom is -0.504 e. The SMILES string of the molecule is CCOC(=O)c1ccc(Br)c(F)c1O. The third kappa shape index (κ3) is 2.04. The van der Waals surface area contributed by atoms with Crippen LogP contribution in [0.4, 0.5) is 4.39 Å². The molecule has 0 atom stereocenters. The second-order valence-corrected chi connectivity index (χ2v) is 3.33. The van der Waals surface area contributed by atoms with Gasteiger partial charge >= 0.3 is 5.97 Å². The molecule has 0 saturated carbocycles. The molecule has 1 aromatic carbocycles. The van der Waals surface area contributed by atoms with E-state index in [1.807, 2.05) is 0 Å². The van der Waals surface area contributed by atoms with Gasteiger partial charge in [0.2, 0.25) is 0 Å². The third-order valence-corrected chi connectivity index (χ3v) is 2.18. The fraction of sp³-hybridized carbons (Fsp3) is 0.222. The summed E-state index contributed by atoms with van der Waals surface area (Å²) in [6, 6.07) is 2.63. The zero-order valence-electron chi connectivity index (χ0n) is 7.38. The lowest BCUT2D eigenvalue weighted by Crippen LogP contribution is -2.05. The van der Waals surface area contributed by atoms with Crippen molar-refractivity contribution in [3.63, 3.8) is 0 Å². The van der Waals surface area contributed by atoms with Crippen LogP contribution in [-0.4, -0.2) is 17.7 Å². The molecule has 0 aliphatic rings. The van der Waals surface area contributed by atoms with Crippen molar-refractivity contribution in [3.05, 3.63) is 28.0 Å². The van der Waals surface area contributed by atoms with Gasteiger partial charge in [0.25, 0.3) is 0 Å². The lowest BCUT2D eigenvalue weighted by molar-refractivity contribution is 0.0522. The van der Waals surface area contributed by atoms with E-state index < -0.39 is 17.5 Å². The van der Waals surface area contributed by atoms with Crippen LogP contribution in [0.15, 0.2) is 16.6 Å². The number of benzene rings is 1. The highest BCUT2D eigenvalue weighted by molar-refractivity contribution is 9.10. The van der Waals surface area contributed by atoms with Gasteiger partial charge < -0.3 is 9.84 Å². The number of carbonyl (C=O) groups excluding carboxylic acids is 1. The Labute approximate surface area is 88.6 Å². The summed E-state index contributed by atoms with van der Waals surface area (Å²) >= 11 is 2.88. The predicted octanol–water partition coefficient (Wildman–Crippen LogP) is 2.47. The number of esters is 1. The fourth-order valence-corrected chi connectivity index (χ4v) is 1.23. The van der Waals surface area contributed by atoms with Gasteiger partial charge in [0.1, 0.15) is 5.56 Å². The van der Waals surface area contributed by atoms with E-state index in [0.717, 1.165) is 0 Å². The van der Waals surface area contributed by atoms with E-state index >= 15 is 0 Å². The molecular weight excluding hydrogens is 255 g/mol. The summed E-state index contributed by atoms with van der Waals surface area (Å²) in [5, 5.41) is 9.27.